The van der Waals surface area contributed by atoms with E-state index in [1.807, 2.05) is 6.92 Å². The number of imide groups is 1. The predicted octanol–water partition coefficient (Wildman–Crippen LogP) is 0.00870. The number of hydrogen-bond donors (Lipinski definition) is 2. The second kappa shape index (κ2) is 5.97. The first-order chi connectivity index (χ1) is 7.15. The molecule has 0 aromatic carbocycles. The lowest BCUT2D eigenvalue weighted by Crippen LogP contribution is -2.33. The Morgan fingerprint density at radius 2 is 2.33 bits per heavy atom. The molecule has 15 heavy (non-hydrogen) atoms. The average Bonchev–Trinajstić information content (AvgIpc) is 2.54. The second-order valence-electron chi connectivity index (χ2n) is 3.45. The molecule has 1 unspecified atom stereocenters. The van der Waals surface area contributed by atoms with E-state index in [9.17, 15) is 9.59 Å². The van der Waals surface area contributed by atoms with Crippen molar-refractivity contribution in [3.63, 3.8) is 0 Å². The van der Waals surface area contributed by atoms with Crippen LogP contribution >= 0.6 is 11.8 Å². The largest absolute Gasteiger partial charge is 0.329 e. The first kappa shape index (κ1) is 12.3. The van der Waals surface area contributed by atoms with Crippen molar-refractivity contribution < 1.29 is 9.59 Å². The Balaban J connectivity index is 2.14. The molecule has 1 atom stereocenters. The summed E-state index contributed by atoms with van der Waals surface area (Å²) < 4.78 is 0. The zero-order chi connectivity index (χ0) is 11.3. The van der Waals surface area contributed by atoms with Crippen molar-refractivity contribution in [3.8, 4) is 0 Å². The quantitative estimate of drug-likeness (QED) is 0.499. The van der Waals surface area contributed by atoms with Crippen LogP contribution in [0.2, 0.25) is 0 Å². The number of nitrogens with one attached hydrogen (secondary N) is 1. The molecule has 1 fully saturated rings. The summed E-state index contributed by atoms with van der Waals surface area (Å²) in [7, 11) is 0. The molecule has 5 nitrogen and oxygen atoms in total. The molecule has 1 rings (SSSR count). The Morgan fingerprint density at radius 3 is 2.87 bits per heavy atom. The summed E-state index contributed by atoms with van der Waals surface area (Å²) in [6.07, 6.45) is 0.954. The smallest absolute Gasteiger partial charge is 0.324 e. The van der Waals surface area contributed by atoms with Gasteiger partial charge in [-0.25, -0.2) is 4.79 Å². The fourth-order valence-corrected chi connectivity index (χ4v) is 2.21. The number of nitrogens with two attached hydrogens (primary N) is 1. The molecule has 0 saturated carbocycles. The number of carbonyl (C=O) groups excluding carboxylic acids is 2. The van der Waals surface area contributed by atoms with E-state index in [-0.39, 0.29) is 24.5 Å². The summed E-state index contributed by atoms with van der Waals surface area (Å²) in [5.74, 6) is 1.49. The summed E-state index contributed by atoms with van der Waals surface area (Å²) in [4.78, 5) is 23.6. The molecule has 6 heteroatoms. The van der Waals surface area contributed by atoms with Crippen LogP contribution in [0.4, 0.5) is 4.79 Å². The van der Waals surface area contributed by atoms with Gasteiger partial charge in [-0.3, -0.25) is 9.69 Å². The van der Waals surface area contributed by atoms with Crippen LogP contribution in [0.15, 0.2) is 0 Å². The minimum absolute atomic E-state index is 0.137. The highest BCUT2D eigenvalue weighted by atomic mass is 32.2. The van der Waals surface area contributed by atoms with Crippen LogP contribution in [-0.4, -0.2) is 47.5 Å². The molecular formula is C9H17N3O2S. The third kappa shape index (κ3) is 3.71. The summed E-state index contributed by atoms with van der Waals surface area (Å²) in [5, 5.41) is 2.48. The SMILES string of the molecule is CCC(N)CSCCN1C(=O)CNC1=O. The average molecular weight is 231 g/mol. The minimum Gasteiger partial charge on any atom is -0.329 e. The highest BCUT2D eigenvalue weighted by Gasteiger charge is 2.27. The number of carbonyl (C=O) groups is 2. The molecule has 3 N–H and O–H groups in total. The maximum absolute atomic E-state index is 11.2. The number of nitrogens with zero attached hydrogens (tertiary/aromatic N) is 1. The van der Waals surface area contributed by atoms with E-state index in [0.717, 1.165) is 17.9 Å². The van der Waals surface area contributed by atoms with E-state index in [0.29, 0.717) is 6.54 Å². The molecule has 1 heterocycles. The summed E-state index contributed by atoms with van der Waals surface area (Å²) in [5.41, 5.74) is 5.74. The van der Waals surface area contributed by atoms with Crippen LogP contribution in [0.25, 0.3) is 0 Å². The van der Waals surface area contributed by atoms with Gasteiger partial charge in [0.15, 0.2) is 0 Å². The standard InChI is InChI=1S/C9H17N3O2S/c1-2-7(10)6-15-4-3-12-8(13)5-11-9(12)14/h7H,2-6,10H2,1H3,(H,11,14). The Hall–Kier alpha value is -0.750. The molecule has 0 spiro atoms. The first-order valence-corrected chi connectivity index (χ1v) is 6.22. The molecule has 0 aliphatic carbocycles. The van der Waals surface area contributed by atoms with E-state index in [1.54, 1.807) is 11.8 Å². The van der Waals surface area contributed by atoms with E-state index in [1.165, 1.54) is 4.90 Å². The molecule has 0 aromatic rings. The third-order valence-electron chi connectivity index (χ3n) is 2.25. The third-order valence-corrected chi connectivity index (χ3v) is 3.39. The molecule has 3 amide bonds. The highest BCUT2D eigenvalue weighted by molar-refractivity contribution is 7.99. The molecule has 0 radical (unpaired) electrons. The van der Waals surface area contributed by atoms with Crippen LogP contribution in [0.1, 0.15) is 13.3 Å². The molecule has 0 aromatic heterocycles. The van der Waals surface area contributed by atoms with Gasteiger partial charge < -0.3 is 11.1 Å². The van der Waals surface area contributed by atoms with E-state index >= 15 is 0 Å². The molecule has 86 valence electrons. The number of hydrogen-bond acceptors (Lipinski definition) is 4. The molecule has 1 saturated heterocycles. The van der Waals surface area contributed by atoms with E-state index in [4.69, 9.17) is 5.73 Å². The van der Waals surface area contributed by atoms with Gasteiger partial charge in [0.1, 0.15) is 0 Å². The molecule has 0 bridgehead atoms. The summed E-state index contributed by atoms with van der Waals surface area (Å²) in [6.45, 7) is 2.66. The van der Waals surface area contributed by atoms with Crippen molar-refractivity contribution in [2.45, 2.75) is 19.4 Å². The lowest BCUT2D eigenvalue weighted by atomic mass is 10.3. The van der Waals surface area contributed by atoms with Gasteiger partial charge in [-0.1, -0.05) is 6.92 Å². The van der Waals surface area contributed by atoms with Gasteiger partial charge in [0.2, 0.25) is 5.91 Å². The zero-order valence-electron chi connectivity index (χ0n) is 8.86. The Kier molecular flexibility index (Phi) is 4.90. The summed E-state index contributed by atoms with van der Waals surface area (Å²) in [6, 6.07) is -0.0708. The van der Waals surface area contributed by atoms with Crippen molar-refractivity contribution in [2.75, 3.05) is 24.6 Å². The fraction of sp³-hybridized carbons (Fsp3) is 0.778. The van der Waals surface area contributed by atoms with Gasteiger partial charge in [0, 0.05) is 24.1 Å². The Morgan fingerprint density at radius 1 is 1.60 bits per heavy atom. The maximum atomic E-state index is 11.2. The van der Waals surface area contributed by atoms with Crippen LogP contribution in [0.3, 0.4) is 0 Å². The number of rotatable bonds is 6. The fourth-order valence-electron chi connectivity index (χ4n) is 1.19. The molecule has 1 aliphatic rings. The van der Waals surface area contributed by atoms with Crippen LogP contribution < -0.4 is 11.1 Å². The number of thioether (sulfide) groups is 1. The van der Waals surface area contributed by atoms with E-state index in [2.05, 4.69) is 5.32 Å². The maximum Gasteiger partial charge on any atom is 0.324 e. The van der Waals surface area contributed by atoms with Gasteiger partial charge in [-0.05, 0) is 6.42 Å². The van der Waals surface area contributed by atoms with Gasteiger partial charge in [-0.2, -0.15) is 11.8 Å². The Bertz CT molecular complexity index is 232. The number of urea groups is 1. The lowest BCUT2D eigenvalue weighted by molar-refractivity contribution is -0.124. The van der Waals surface area contributed by atoms with Gasteiger partial charge in [0.05, 0.1) is 6.54 Å². The normalized spacial score (nSPS) is 18.1. The minimum atomic E-state index is -0.277. The second-order valence-corrected chi connectivity index (χ2v) is 4.60. The highest BCUT2D eigenvalue weighted by Crippen LogP contribution is 2.06. The molecular weight excluding hydrogens is 214 g/mol. The van der Waals surface area contributed by atoms with Crippen LogP contribution in [0, 0.1) is 0 Å². The van der Waals surface area contributed by atoms with Crippen molar-refractivity contribution in [1.82, 2.24) is 10.2 Å². The molecule has 1 aliphatic heterocycles. The van der Waals surface area contributed by atoms with Crippen LogP contribution in [-0.2, 0) is 4.79 Å². The predicted molar refractivity (Wildman–Crippen MR) is 60.7 cm³/mol. The van der Waals surface area contributed by atoms with Gasteiger partial charge in [0.25, 0.3) is 0 Å². The lowest BCUT2D eigenvalue weighted by Gasteiger charge is -2.12. The van der Waals surface area contributed by atoms with Crippen molar-refractivity contribution in [3.05, 3.63) is 0 Å². The van der Waals surface area contributed by atoms with E-state index < -0.39 is 0 Å². The zero-order valence-corrected chi connectivity index (χ0v) is 9.68. The summed E-state index contributed by atoms with van der Waals surface area (Å²) >= 11 is 1.68. The van der Waals surface area contributed by atoms with Crippen molar-refractivity contribution >= 4 is 23.7 Å². The first-order valence-electron chi connectivity index (χ1n) is 5.06. The Labute approximate surface area is 93.7 Å². The van der Waals surface area contributed by atoms with Crippen molar-refractivity contribution in [2.24, 2.45) is 5.73 Å². The van der Waals surface area contributed by atoms with Gasteiger partial charge >= 0.3 is 6.03 Å². The van der Waals surface area contributed by atoms with Crippen LogP contribution in [0.5, 0.6) is 0 Å². The van der Waals surface area contributed by atoms with Crippen molar-refractivity contribution in [1.29, 1.82) is 0 Å². The topological polar surface area (TPSA) is 75.4 Å². The van der Waals surface area contributed by atoms with Gasteiger partial charge in [-0.15, -0.1) is 0 Å². The number of amides is 3. The monoisotopic (exact) mass is 231 g/mol.